The second kappa shape index (κ2) is 5.57. The number of para-hydroxylation sites is 1. The van der Waals surface area contributed by atoms with Crippen molar-refractivity contribution in [2.75, 3.05) is 12.3 Å². The number of nitrogens with two attached hydrogens (primary N) is 1. The zero-order valence-electron chi connectivity index (χ0n) is 9.37. The smallest absolute Gasteiger partial charge is 0.389 e. The van der Waals surface area contributed by atoms with Gasteiger partial charge in [-0.15, -0.1) is 0 Å². The van der Waals surface area contributed by atoms with Gasteiger partial charge >= 0.3 is 6.18 Å². The first-order chi connectivity index (χ1) is 8.22. The summed E-state index contributed by atoms with van der Waals surface area (Å²) in [7, 11) is -3.85. The lowest BCUT2D eigenvalue weighted by Gasteiger charge is -2.09. The number of benzene rings is 1. The molecule has 0 aliphatic heterocycles. The number of nitrogens with one attached hydrogen (secondary N) is 1. The third-order valence-electron chi connectivity index (χ3n) is 2.14. The number of anilines is 1. The molecule has 3 N–H and O–H groups in total. The van der Waals surface area contributed by atoms with E-state index in [2.05, 4.69) is 4.72 Å². The van der Waals surface area contributed by atoms with Gasteiger partial charge in [-0.2, -0.15) is 13.2 Å². The van der Waals surface area contributed by atoms with Crippen molar-refractivity contribution in [2.24, 2.45) is 0 Å². The zero-order chi connectivity index (χ0) is 13.8. The lowest BCUT2D eigenvalue weighted by Crippen LogP contribution is -2.26. The Balaban J connectivity index is 2.59. The Bertz CT molecular complexity index is 500. The highest BCUT2D eigenvalue weighted by atomic mass is 32.2. The number of hydrogen-bond acceptors (Lipinski definition) is 3. The molecule has 0 atom stereocenters. The van der Waals surface area contributed by atoms with E-state index in [9.17, 15) is 21.6 Å². The van der Waals surface area contributed by atoms with Crippen molar-refractivity contribution in [3.8, 4) is 0 Å². The van der Waals surface area contributed by atoms with Crippen LogP contribution in [0.1, 0.15) is 12.8 Å². The van der Waals surface area contributed by atoms with E-state index in [1.54, 1.807) is 6.07 Å². The van der Waals surface area contributed by atoms with E-state index in [0.717, 1.165) is 0 Å². The summed E-state index contributed by atoms with van der Waals surface area (Å²) in [6.07, 6.45) is -5.62. The summed E-state index contributed by atoms with van der Waals surface area (Å²) < 4.78 is 61.1. The third kappa shape index (κ3) is 4.53. The van der Waals surface area contributed by atoms with Gasteiger partial charge in [0.1, 0.15) is 4.90 Å². The van der Waals surface area contributed by atoms with Gasteiger partial charge in [0.15, 0.2) is 0 Å². The minimum absolute atomic E-state index is 0.0563. The van der Waals surface area contributed by atoms with Crippen molar-refractivity contribution in [3.63, 3.8) is 0 Å². The van der Waals surface area contributed by atoms with Crippen molar-refractivity contribution in [1.82, 2.24) is 4.72 Å². The van der Waals surface area contributed by atoms with Gasteiger partial charge in [-0.3, -0.25) is 0 Å². The summed E-state index contributed by atoms with van der Waals surface area (Å²) >= 11 is 0. The van der Waals surface area contributed by atoms with Crippen molar-refractivity contribution in [3.05, 3.63) is 24.3 Å². The summed E-state index contributed by atoms with van der Waals surface area (Å²) in [6.45, 7) is -0.282. The minimum atomic E-state index is -4.28. The third-order valence-corrected chi connectivity index (χ3v) is 3.67. The summed E-state index contributed by atoms with van der Waals surface area (Å²) in [5.41, 5.74) is 5.54. The second-order valence-corrected chi connectivity index (χ2v) is 5.39. The van der Waals surface area contributed by atoms with Gasteiger partial charge in [0.05, 0.1) is 5.69 Å². The van der Waals surface area contributed by atoms with E-state index >= 15 is 0 Å². The molecule has 0 bridgehead atoms. The molecule has 4 nitrogen and oxygen atoms in total. The van der Waals surface area contributed by atoms with Crippen LogP contribution in [0.5, 0.6) is 0 Å². The van der Waals surface area contributed by atoms with Crippen LogP contribution in [-0.4, -0.2) is 21.1 Å². The predicted octanol–water partition coefficient (Wildman–Crippen LogP) is 1.89. The number of nitrogen functional groups attached to an aromatic ring is 1. The van der Waals surface area contributed by atoms with Gasteiger partial charge in [0, 0.05) is 13.0 Å². The molecule has 1 rings (SSSR count). The highest BCUT2D eigenvalue weighted by Gasteiger charge is 2.26. The van der Waals surface area contributed by atoms with Crippen molar-refractivity contribution in [1.29, 1.82) is 0 Å². The first kappa shape index (κ1) is 14.8. The van der Waals surface area contributed by atoms with Crippen LogP contribution in [0.25, 0.3) is 0 Å². The summed E-state index contributed by atoms with van der Waals surface area (Å²) in [6, 6.07) is 5.75. The maximum absolute atomic E-state index is 11.9. The Morgan fingerprint density at radius 3 is 2.39 bits per heavy atom. The zero-order valence-corrected chi connectivity index (χ0v) is 10.2. The molecule has 0 heterocycles. The van der Waals surface area contributed by atoms with Crippen LogP contribution in [0.15, 0.2) is 29.2 Å². The van der Waals surface area contributed by atoms with Crippen molar-refractivity contribution >= 4 is 15.7 Å². The Kier molecular flexibility index (Phi) is 4.58. The fraction of sp³-hybridized carbons (Fsp3) is 0.400. The minimum Gasteiger partial charge on any atom is -0.398 e. The Hall–Kier alpha value is -1.28. The molecule has 8 heteroatoms. The largest absolute Gasteiger partial charge is 0.398 e. The fourth-order valence-corrected chi connectivity index (χ4v) is 2.50. The molecule has 0 aliphatic rings. The summed E-state index contributed by atoms with van der Waals surface area (Å²) in [5.74, 6) is 0. The Morgan fingerprint density at radius 1 is 1.22 bits per heavy atom. The molecular weight excluding hydrogens is 269 g/mol. The molecule has 0 saturated carbocycles. The highest BCUT2D eigenvalue weighted by molar-refractivity contribution is 7.89. The molecule has 0 aliphatic carbocycles. The average molecular weight is 282 g/mol. The van der Waals surface area contributed by atoms with Gasteiger partial charge < -0.3 is 5.73 Å². The standard InChI is InChI=1S/C10H13F3N2O2S/c11-10(12,13)6-3-7-15-18(16,17)9-5-2-1-4-8(9)14/h1-2,4-5,15H,3,6-7,14H2. The molecule has 18 heavy (non-hydrogen) atoms. The van der Waals surface area contributed by atoms with Gasteiger partial charge in [-0.05, 0) is 18.6 Å². The Morgan fingerprint density at radius 2 is 1.83 bits per heavy atom. The van der Waals surface area contributed by atoms with E-state index < -0.39 is 22.6 Å². The van der Waals surface area contributed by atoms with E-state index in [-0.39, 0.29) is 23.5 Å². The number of hydrogen-bond donors (Lipinski definition) is 2. The average Bonchev–Trinajstić information content (AvgIpc) is 2.24. The predicted molar refractivity (Wildman–Crippen MR) is 61.3 cm³/mol. The van der Waals surface area contributed by atoms with Crippen LogP contribution in [0.2, 0.25) is 0 Å². The molecule has 102 valence electrons. The lowest BCUT2D eigenvalue weighted by atomic mass is 10.3. The maximum Gasteiger partial charge on any atom is 0.389 e. The highest BCUT2D eigenvalue weighted by Crippen LogP contribution is 2.21. The number of sulfonamides is 1. The first-order valence-electron chi connectivity index (χ1n) is 5.13. The molecule has 1 aromatic rings. The molecule has 0 aromatic heterocycles. The van der Waals surface area contributed by atoms with Gasteiger partial charge in [-0.25, -0.2) is 13.1 Å². The van der Waals surface area contributed by atoms with Crippen LogP contribution >= 0.6 is 0 Å². The molecule has 0 fully saturated rings. The first-order valence-corrected chi connectivity index (χ1v) is 6.61. The van der Waals surface area contributed by atoms with E-state index in [0.29, 0.717) is 0 Å². The van der Waals surface area contributed by atoms with Gasteiger partial charge in [0.2, 0.25) is 10.0 Å². The van der Waals surface area contributed by atoms with E-state index in [1.807, 2.05) is 0 Å². The van der Waals surface area contributed by atoms with E-state index in [4.69, 9.17) is 5.73 Å². The molecule has 0 spiro atoms. The normalized spacial score (nSPS) is 12.6. The lowest BCUT2D eigenvalue weighted by molar-refractivity contribution is -0.135. The van der Waals surface area contributed by atoms with E-state index in [1.165, 1.54) is 18.2 Å². The topological polar surface area (TPSA) is 72.2 Å². The molecular formula is C10H13F3N2O2S. The summed E-state index contributed by atoms with van der Waals surface area (Å²) in [4.78, 5) is -0.128. The SMILES string of the molecule is Nc1ccccc1S(=O)(=O)NCCCC(F)(F)F. The van der Waals surface area contributed by atoms with Gasteiger partial charge in [0.25, 0.3) is 0 Å². The number of halogens is 3. The van der Waals surface area contributed by atoms with Crippen molar-refractivity contribution < 1.29 is 21.6 Å². The molecule has 0 radical (unpaired) electrons. The quantitative estimate of drug-likeness (QED) is 0.640. The molecule has 0 unspecified atom stereocenters. The number of alkyl halides is 3. The van der Waals surface area contributed by atoms with Crippen LogP contribution in [0.3, 0.4) is 0 Å². The number of rotatable bonds is 5. The van der Waals surface area contributed by atoms with Crippen LogP contribution in [-0.2, 0) is 10.0 Å². The Labute approximate surface area is 103 Å². The second-order valence-electron chi connectivity index (χ2n) is 3.65. The monoisotopic (exact) mass is 282 g/mol. The van der Waals surface area contributed by atoms with Crippen LogP contribution in [0.4, 0.5) is 18.9 Å². The van der Waals surface area contributed by atoms with Crippen LogP contribution < -0.4 is 10.5 Å². The van der Waals surface area contributed by atoms with Crippen molar-refractivity contribution in [2.45, 2.75) is 23.9 Å². The van der Waals surface area contributed by atoms with Gasteiger partial charge in [-0.1, -0.05) is 12.1 Å². The molecule has 1 aromatic carbocycles. The fourth-order valence-electron chi connectivity index (χ4n) is 1.30. The maximum atomic E-state index is 11.9. The van der Waals surface area contributed by atoms with Crippen LogP contribution in [0, 0.1) is 0 Å². The summed E-state index contributed by atoms with van der Waals surface area (Å²) in [5, 5.41) is 0. The molecule has 0 amide bonds. The molecule has 0 saturated heterocycles.